The van der Waals surface area contributed by atoms with Crippen LogP contribution in [0.5, 0.6) is 0 Å². The lowest BCUT2D eigenvalue weighted by Gasteiger charge is -2.37. The highest BCUT2D eigenvalue weighted by molar-refractivity contribution is 6.99. The minimum absolute atomic E-state index is 0.0601. The van der Waals surface area contributed by atoms with Gasteiger partial charge < -0.3 is 9.47 Å². The van der Waals surface area contributed by atoms with Crippen molar-refractivity contribution in [2.24, 2.45) is 0 Å². The molecule has 0 fully saturated rings. The molecule has 0 saturated carbocycles. The average Bonchev–Trinajstić information content (AvgIpc) is 3.25. The molecule has 4 rings (SSSR count). The van der Waals surface area contributed by atoms with E-state index in [0.717, 1.165) is 29.5 Å². The van der Waals surface area contributed by atoms with Gasteiger partial charge in [0.25, 0.3) is 5.91 Å². The molecular weight excluding hydrogens is 296 g/mol. The minimum Gasteiger partial charge on any atom is -0.348 e. The highest BCUT2D eigenvalue weighted by Crippen LogP contribution is 2.33. The summed E-state index contributed by atoms with van der Waals surface area (Å²) in [5.74, 6) is -0.0601. The third-order valence-electron chi connectivity index (χ3n) is 3.99. The molecule has 1 aliphatic rings. The molecule has 1 aliphatic heterocycles. The first kappa shape index (κ1) is 13.2. The van der Waals surface area contributed by atoms with E-state index in [1.807, 2.05) is 29.2 Å². The molecule has 0 saturated heterocycles. The van der Waals surface area contributed by atoms with E-state index < -0.39 is 0 Å². The third kappa shape index (κ3) is 2.12. The van der Waals surface area contributed by atoms with Crippen molar-refractivity contribution in [2.75, 3.05) is 6.54 Å². The maximum atomic E-state index is 12.8. The summed E-state index contributed by atoms with van der Waals surface area (Å²) >= 11 is 1.06. The molecule has 3 aromatic rings. The van der Waals surface area contributed by atoms with Gasteiger partial charge >= 0.3 is 0 Å². The second kappa shape index (κ2) is 5.38. The van der Waals surface area contributed by atoms with Crippen LogP contribution >= 0.6 is 11.7 Å². The van der Waals surface area contributed by atoms with Crippen LogP contribution in [0.15, 0.2) is 54.9 Å². The van der Waals surface area contributed by atoms with Gasteiger partial charge in [-0.05, 0) is 17.7 Å². The van der Waals surface area contributed by atoms with Crippen molar-refractivity contribution in [3.63, 3.8) is 0 Å². The third-order valence-corrected chi connectivity index (χ3v) is 4.47. The molecule has 0 aliphatic carbocycles. The molecule has 0 N–H and O–H groups in total. The highest BCUT2D eigenvalue weighted by Gasteiger charge is 2.33. The Morgan fingerprint density at radius 2 is 2.00 bits per heavy atom. The number of hydrogen-bond donors (Lipinski definition) is 0. The number of nitrogens with zero attached hydrogens (tertiary/aromatic N) is 4. The molecule has 1 unspecified atom stereocenters. The molecule has 1 amide bonds. The predicted molar refractivity (Wildman–Crippen MR) is 83.7 cm³/mol. The number of benzene rings is 1. The first-order valence-corrected chi connectivity index (χ1v) is 7.86. The lowest BCUT2D eigenvalue weighted by molar-refractivity contribution is 0.0659. The summed E-state index contributed by atoms with van der Waals surface area (Å²) < 4.78 is 10.3. The second-order valence-electron chi connectivity index (χ2n) is 5.23. The summed E-state index contributed by atoms with van der Waals surface area (Å²) in [6.07, 6.45) is 3.61. The summed E-state index contributed by atoms with van der Waals surface area (Å²) in [5.41, 5.74) is 2.67. The quantitative estimate of drug-likeness (QED) is 0.731. The normalized spacial score (nSPS) is 17.3. The Hall–Kier alpha value is -2.47. The fourth-order valence-electron chi connectivity index (χ4n) is 2.99. The molecule has 6 heteroatoms. The Morgan fingerprint density at radius 3 is 2.77 bits per heavy atom. The van der Waals surface area contributed by atoms with Crippen molar-refractivity contribution in [3.8, 4) is 0 Å². The maximum Gasteiger partial charge on any atom is 0.276 e. The van der Waals surface area contributed by atoms with E-state index in [1.54, 1.807) is 6.20 Å². The van der Waals surface area contributed by atoms with Crippen molar-refractivity contribution >= 4 is 17.6 Å². The van der Waals surface area contributed by atoms with Crippen LogP contribution in [0.25, 0.3) is 0 Å². The van der Waals surface area contributed by atoms with Crippen molar-refractivity contribution < 1.29 is 4.79 Å². The zero-order valence-electron chi connectivity index (χ0n) is 11.8. The van der Waals surface area contributed by atoms with E-state index in [0.29, 0.717) is 12.2 Å². The summed E-state index contributed by atoms with van der Waals surface area (Å²) in [7, 11) is 0. The Kier molecular flexibility index (Phi) is 3.23. The van der Waals surface area contributed by atoms with Crippen molar-refractivity contribution in [1.82, 2.24) is 18.2 Å². The second-order valence-corrected chi connectivity index (χ2v) is 5.79. The van der Waals surface area contributed by atoms with Gasteiger partial charge in [-0.3, -0.25) is 4.79 Å². The number of amides is 1. The van der Waals surface area contributed by atoms with Crippen molar-refractivity contribution in [1.29, 1.82) is 0 Å². The van der Waals surface area contributed by atoms with Crippen LogP contribution in [-0.2, 0) is 6.54 Å². The number of fused-ring (bicyclic) bond motifs is 1. The van der Waals surface area contributed by atoms with Crippen molar-refractivity contribution in [3.05, 3.63) is 71.8 Å². The highest BCUT2D eigenvalue weighted by atomic mass is 32.1. The monoisotopic (exact) mass is 310 g/mol. The molecule has 3 heterocycles. The van der Waals surface area contributed by atoms with Gasteiger partial charge in [0.1, 0.15) is 0 Å². The smallest absolute Gasteiger partial charge is 0.276 e. The molecule has 110 valence electrons. The fourth-order valence-corrected chi connectivity index (χ4v) is 3.40. The summed E-state index contributed by atoms with van der Waals surface area (Å²) in [6, 6.07) is 14.1. The van der Waals surface area contributed by atoms with Crippen LogP contribution in [0.2, 0.25) is 0 Å². The van der Waals surface area contributed by atoms with E-state index in [-0.39, 0.29) is 11.9 Å². The van der Waals surface area contributed by atoms with E-state index in [2.05, 4.69) is 37.7 Å². The first-order chi connectivity index (χ1) is 10.8. The van der Waals surface area contributed by atoms with Crippen LogP contribution in [0.3, 0.4) is 0 Å². The lowest BCUT2D eigenvalue weighted by atomic mass is 9.99. The first-order valence-electron chi connectivity index (χ1n) is 7.13. The number of carbonyl (C=O) groups excluding carboxylic acids is 1. The minimum atomic E-state index is -0.0841. The van der Waals surface area contributed by atoms with Crippen LogP contribution in [0.4, 0.5) is 0 Å². The van der Waals surface area contributed by atoms with Crippen LogP contribution in [0.1, 0.15) is 27.8 Å². The van der Waals surface area contributed by atoms with Gasteiger partial charge in [0.2, 0.25) is 0 Å². The Bertz CT molecular complexity index is 782. The lowest BCUT2D eigenvalue weighted by Crippen LogP contribution is -2.42. The van der Waals surface area contributed by atoms with Gasteiger partial charge in [-0.2, -0.15) is 8.75 Å². The average molecular weight is 310 g/mol. The topological polar surface area (TPSA) is 51.0 Å². The van der Waals surface area contributed by atoms with Crippen LogP contribution in [0, 0.1) is 0 Å². The summed E-state index contributed by atoms with van der Waals surface area (Å²) in [6.45, 7) is 1.46. The number of aromatic nitrogens is 3. The summed E-state index contributed by atoms with van der Waals surface area (Å²) in [4.78, 5) is 14.7. The Morgan fingerprint density at radius 1 is 1.14 bits per heavy atom. The van der Waals surface area contributed by atoms with Crippen LogP contribution in [-0.4, -0.2) is 30.7 Å². The molecule has 1 atom stereocenters. The van der Waals surface area contributed by atoms with Crippen molar-refractivity contribution in [2.45, 2.75) is 12.6 Å². The molecule has 0 spiro atoms. The Balaban J connectivity index is 1.79. The van der Waals surface area contributed by atoms with E-state index in [9.17, 15) is 4.79 Å². The molecule has 22 heavy (non-hydrogen) atoms. The largest absolute Gasteiger partial charge is 0.348 e. The zero-order valence-corrected chi connectivity index (χ0v) is 12.6. The van der Waals surface area contributed by atoms with Gasteiger partial charge in [-0.25, -0.2) is 0 Å². The van der Waals surface area contributed by atoms with E-state index in [1.165, 1.54) is 0 Å². The summed E-state index contributed by atoms with van der Waals surface area (Å²) in [5, 5.41) is 0. The number of carbonyl (C=O) groups is 1. The van der Waals surface area contributed by atoms with E-state index >= 15 is 0 Å². The fraction of sp³-hybridized carbons (Fsp3) is 0.188. The standard InChI is InChI=1S/C16H14N4OS/c21-16(13-11-17-22-18-13)20-10-9-19-8-4-7-14(19)15(20)12-5-2-1-3-6-12/h1-8,11,15H,9-10H2. The van der Waals surface area contributed by atoms with E-state index in [4.69, 9.17) is 0 Å². The molecule has 0 bridgehead atoms. The Labute approximate surface area is 132 Å². The van der Waals surface area contributed by atoms with Gasteiger partial charge in [-0.1, -0.05) is 30.3 Å². The van der Waals surface area contributed by atoms with Gasteiger partial charge in [-0.15, -0.1) is 0 Å². The molecule has 1 aromatic carbocycles. The predicted octanol–water partition coefficient (Wildman–Crippen LogP) is 2.59. The van der Waals surface area contributed by atoms with Gasteiger partial charge in [0.15, 0.2) is 5.69 Å². The van der Waals surface area contributed by atoms with Gasteiger partial charge in [0.05, 0.1) is 24.0 Å². The number of rotatable bonds is 2. The molecule has 2 aromatic heterocycles. The van der Waals surface area contributed by atoms with Gasteiger partial charge in [0, 0.05) is 25.0 Å². The van der Waals surface area contributed by atoms with Crippen LogP contribution < -0.4 is 0 Å². The molecule has 0 radical (unpaired) electrons. The maximum absolute atomic E-state index is 12.8. The molecule has 5 nitrogen and oxygen atoms in total. The zero-order chi connectivity index (χ0) is 14.9. The SMILES string of the molecule is O=C(c1cnsn1)N1CCn2cccc2C1c1ccccc1. The number of hydrogen-bond acceptors (Lipinski definition) is 4. The molecular formula is C16H14N4OS.